The van der Waals surface area contributed by atoms with E-state index in [-0.39, 0.29) is 17.1 Å². The molecule has 0 aliphatic heterocycles. The molecule has 0 unspecified atom stereocenters. The predicted molar refractivity (Wildman–Crippen MR) is 88.3 cm³/mol. The molecule has 0 spiro atoms. The fourth-order valence-electron chi connectivity index (χ4n) is 5.13. The first-order chi connectivity index (χ1) is 10.3. The molecular weight excluding hydrogens is 272 g/mol. The molecule has 1 N–H and O–H groups in total. The Morgan fingerprint density at radius 3 is 2.64 bits per heavy atom. The van der Waals surface area contributed by atoms with Crippen LogP contribution < -0.4 is 0 Å². The Morgan fingerprint density at radius 1 is 1.27 bits per heavy atom. The molecule has 116 valence electrons. The van der Waals surface area contributed by atoms with Crippen LogP contribution in [0.3, 0.4) is 0 Å². The molecule has 0 heterocycles. The van der Waals surface area contributed by atoms with E-state index in [1.165, 1.54) is 5.56 Å². The molecule has 1 aromatic carbocycles. The van der Waals surface area contributed by atoms with Gasteiger partial charge in [0.05, 0.1) is 0 Å². The van der Waals surface area contributed by atoms with Crippen LogP contribution in [0.5, 0.6) is 5.75 Å². The molecule has 0 radical (unpaired) electrons. The summed E-state index contributed by atoms with van der Waals surface area (Å²) in [5.74, 6) is 1.64. The lowest BCUT2D eigenvalue weighted by atomic mass is 9.84. The molecule has 0 bridgehead atoms. The maximum absolute atomic E-state index is 12.7. The van der Waals surface area contributed by atoms with Gasteiger partial charge in [-0.3, -0.25) is 4.79 Å². The minimum atomic E-state index is -0.0223. The van der Waals surface area contributed by atoms with Crippen LogP contribution in [-0.2, 0) is 6.42 Å². The van der Waals surface area contributed by atoms with Crippen molar-refractivity contribution in [1.82, 2.24) is 0 Å². The number of allylic oxidation sites excluding steroid dienone is 1. The van der Waals surface area contributed by atoms with Crippen molar-refractivity contribution in [1.29, 1.82) is 0 Å². The first-order valence-electron chi connectivity index (χ1n) is 8.37. The summed E-state index contributed by atoms with van der Waals surface area (Å²) in [7, 11) is 0. The van der Waals surface area contributed by atoms with Crippen LogP contribution in [0, 0.1) is 24.2 Å². The molecule has 4 rings (SSSR count). The minimum Gasteiger partial charge on any atom is -0.507 e. The van der Waals surface area contributed by atoms with Crippen LogP contribution in [0.1, 0.15) is 72.1 Å². The Kier molecular flexibility index (Phi) is 2.58. The number of Topliss-reactive ketones (excluding diaryl/α,β-unsaturated/α-hetero) is 1. The molecule has 3 atom stereocenters. The Bertz CT molecular complexity index is 739. The van der Waals surface area contributed by atoms with Crippen molar-refractivity contribution in [3.05, 3.63) is 34.4 Å². The SMILES string of the molecule is C=C1CC[C@H]2[C@@H](c3c(C)c(O)c4c(c31)C(=O)[C@H](C)C4)C2(C)C. The summed E-state index contributed by atoms with van der Waals surface area (Å²) in [6, 6.07) is 0. The van der Waals surface area contributed by atoms with E-state index in [0.717, 1.165) is 40.7 Å². The lowest BCUT2D eigenvalue weighted by molar-refractivity contribution is 0.0946. The number of carbonyl (C=O) groups excluding carboxylic acids is 1. The fourth-order valence-corrected chi connectivity index (χ4v) is 5.13. The summed E-state index contributed by atoms with van der Waals surface area (Å²) in [6.45, 7) is 12.9. The van der Waals surface area contributed by atoms with E-state index in [1.807, 2.05) is 13.8 Å². The maximum Gasteiger partial charge on any atom is 0.167 e. The highest BCUT2D eigenvalue weighted by Crippen LogP contribution is 2.70. The first kappa shape index (κ1) is 14.0. The van der Waals surface area contributed by atoms with Crippen LogP contribution in [0.25, 0.3) is 5.57 Å². The summed E-state index contributed by atoms with van der Waals surface area (Å²) >= 11 is 0. The Morgan fingerprint density at radius 2 is 1.95 bits per heavy atom. The molecule has 1 fully saturated rings. The Balaban J connectivity index is 2.07. The third-order valence-corrected chi connectivity index (χ3v) is 6.54. The largest absolute Gasteiger partial charge is 0.507 e. The summed E-state index contributed by atoms with van der Waals surface area (Å²) < 4.78 is 0. The summed E-state index contributed by atoms with van der Waals surface area (Å²) in [5, 5.41) is 10.7. The lowest BCUT2D eigenvalue weighted by Crippen LogP contribution is -2.09. The Hall–Kier alpha value is -1.57. The quantitative estimate of drug-likeness (QED) is 0.758. The van der Waals surface area contributed by atoms with Gasteiger partial charge >= 0.3 is 0 Å². The molecule has 2 heteroatoms. The van der Waals surface area contributed by atoms with Crippen molar-refractivity contribution < 1.29 is 9.90 Å². The number of ketones is 1. The van der Waals surface area contributed by atoms with Gasteiger partial charge in [0.25, 0.3) is 0 Å². The zero-order chi connectivity index (χ0) is 16.0. The normalized spacial score (nSPS) is 31.4. The summed E-state index contributed by atoms with van der Waals surface area (Å²) in [4.78, 5) is 12.7. The van der Waals surface area contributed by atoms with Gasteiger partial charge in [0.15, 0.2) is 5.78 Å². The van der Waals surface area contributed by atoms with Gasteiger partial charge in [0, 0.05) is 17.0 Å². The predicted octanol–water partition coefficient (Wildman–Crippen LogP) is 4.62. The molecule has 0 saturated heterocycles. The van der Waals surface area contributed by atoms with Crippen LogP contribution >= 0.6 is 0 Å². The van der Waals surface area contributed by atoms with E-state index in [4.69, 9.17) is 0 Å². The third kappa shape index (κ3) is 1.48. The van der Waals surface area contributed by atoms with Crippen molar-refractivity contribution in [3.8, 4) is 5.75 Å². The van der Waals surface area contributed by atoms with Crippen molar-refractivity contribution in [2.45, 2.75) is 52.9 Å². The molecule has 2 nitrogen and oxygen atoms in total. The van der Waals surface area contributed by atoms with Crippen LogP contribution in [0.2, 0.25) is 0 Å². The lowest BCUT2D eigenvalue weighted by Gasteiger charge is -2.21. The van der Waals surface area contributed by atoms with Crippen molar-refractivity contribution in [3.63, 3.8) is 0 Å². The van der Waals surface area contributed by atoms with Gasteiger partial charge in [-0.25, -0.2) is 0 Å². The second kappa shape index (κ2) is 4.04. The Labute approximate surface area is 132 Å². The van der Waals surface area contributed by atoms with Gasteiger partial charge in [-0.05, 0) is 65.7 Å². The molecule has 1 saturated carbocycles. The smallest absolute Gasteiger partial charge is 0.167 e. The first-order valence-corrected chi connectivity index (χ1v) is 8.37. The second-order valence-electron chi connectivity index (χ2n) is 8.13. The van der Waals surface area contributed by atoms with Crippen molar-refractivity contribution in [2.75, 3.05) is 0 Å². The topological polar surface area (TPSA) is 37.3 Å². The molecule has 0 aromatic heterocycles. The molecule has 3 aliphatic rings. The van der Waals surface area contributed by atoms with Crippen molar-refractivity contribution in [2.24, 2.45) is 17.3 Å². The zero-order valence-electron chi connectivity index (χ0n) is 13.9. The highest BCUT2D eigenvalue weighted by Gasteiger charge is 2.60. The summed E-state index contributed by atoms with van der Waals surface area (Å²) in [6.07, 6.45) is 2.78. The zero-order valence-corrected chi connectivity index (χ0v) is 13.9. The number of phenols is 1. The van der Waals surface area contributed by atoms with Gasteiger partial charge in [-0.15, -0.1) is 0 Å². The van der Waals surface area contributed by atoms with Gasteiger partial charge in [-0.1, -0.05) is 27.4 Å². The highest BCUT2D eigenvalue weighted by molar-refractivity contribution is 6.07. The molecule has 3 aliphatic carbocycles. The van der Waals surface area contributed by atoms with E-state index in [9.17, 15) is 9.90 Å². The van der Waals surface area contributed by atoms with E-state index in [1.54, 1.807) is 0 Å². The van der Waals surface area contributed by atoms with Crippen molar-refractivity contribution >= 4 is 11.4 Å². The van der Waals surface area contributed by atoms with Gasteiger partial charge in [0.1, 0.15) is 5.75 Å². The van der Waals surface area contributed by atoms with E-state index < -0.39 is 0 Å². The number of hydrogen-bond acceptors (Lipinski definition) is 2. The van der Waals surface area contributed by atoms with Gasteiger partial charge in [0.2, 0.25) is 0 Å². The number of fused-ring (bicyclic) bond motifs is 5. The maximum atomic E-state index is 12.7. The number of benzene rings is 1. The third-order valence-electron chi connectivity index (χ3n) is 6.54. The van der Waals surface area contributed by atoms with E-state index >= 15 is 0 Å². The number of rotatable bonds is 0. The van der Waals surface area contributed by atoms with Gasteiger partial charge < -0.3 is 5.11 Å². The molecule has 1 aromatic rings. The van der Waals surface area contributed by atoms with E-state index in [2.05, 4.69) is 20.4 Å². The second-order valence-corrected chi connectivity index (χ2v) is 8.13. The van der Waals surface area contributed by atoms with Crippen LogP contribution in [0.15, 0.2) is 6.58 Å². The van der Waals surface area contributed by atoms with Gasteiger partial charge in [-0.2, -0.15) is 0 Å². The van der Waals surface area contributed by atoms with Crippen LogP contribution in [0.4, 0.5) is 0 Å². The number of aromatic hydroxyl groups is 1. The number of carbonyl (C=O) groups is 1. The molecular formula is C20H24O2. The minimum absolute atomic E-state index is 0.0223. The number of hydrogen-bond donors (Lipinski definition) is 1. The standard InChI is InChI=1S/C20H24O2/c1-9-6-7-13-17(20(13,4)5)15-11(3)19(22)12-8-10(2)18(21)16(12)14(9)15/h10,13,17,22H,1,6-8H2,2-5H3/t10-,13+,17+/m1/s1. The average molecular weight is 296 g/mol. The average Bonchev–Trinajstić information content (AvgIpc) is 2.93. The summed E-state index contributed by atoms with van der Waals surface area (Å²) in [5.41, 5.74) is 6.33. The van der Waals surface area contributed by atoms with Crippen LogP contribution in [-0.4, -0.2) is 10.9 Å². The monoisotopic (exact) mass is 296 g/mol. The van der Waals surface area contributed by atoms with E-state index in [0.29, 0.717) is 24.0 Å². The molecule has 22 heavy (non-hydrogen) atoms. The fraction of sp³-hybridized carbons (Fsp3) is 0.550. The number of phenolic OH excluding ortho intramolecular Hbond substituents is 1. The molecule has 0 amide bonds. The highest BCUT2D eigenvalue weighted by atomic mass is 16.3.